The third kappa shape index (κ3) is 5.49. The van der Waals surface area contributed by atoms with Gasteiger partial charge in [0.1, 0.15) is 0 Å². The van der Waals surface area contributed by atoms with E-state index in [1.807, 2.05) is 25.7 Å². The normalized spacial score (nSPS) is 22.1. The number of hydrogen-bond donors (Lipinski definition) is 2. The molecule has 0 aromatic carbocycles. The maximum atomic E-state index is 12.3. The molecule has 3 atom stereocenters. The van der Waals surface area contributed by atoms with Crippen LogP contribution in [-0.4, -0.2) is 41.1 Å². The molecule has 4 nitrogen and oxygen atoms in total. The number of aliphatic hydroxyl groups is 1. The highest BCUT2D eigenvalue weighted by Gasteiger charge is 2.27. The summed E-state index contributed by atoms with van der Waals surface area (Å²) >= 11 is 0. The van der Waals surface area contributed by atoms with Crippen LogP contribution in [-0.2, 0) is 4.79 Å². The molecule has 0 aliphatic carbocycles. The van der Waals surface area contributed by atoms with Crippen molar-refractivity contribution in [1.29, 1.82) is 0 Å². The van der Waals surface area contributed by atoms with E-state index in [0.29, 0.717) is 5.92 Å². The summed E-state index contributed by atoms with van der Waals surface area (Å²) in [4.78, 5) is 14.3. The van der Waals surface area contributed by atoms with Gasteiger partial charge in [-0.2, -0.15) is 0 Å². The van der Waals surface area contributed by atoms with E-state index in [-0.39, 0.29) is 24.0 Å². The minimum absolute atomic E-state index is 0.0989. The van der Waals surface area contributed by atoms with E-state index in [1.54, 1.807) is 0 Å². The second-order valence-electron chi connectivity index (χ2n) is 6.21. The highest BCUT2D eigenvalue weighted by molar-refractivity contribution is 5.78. The third-order valence-corrected chi connectivity index (χ3v) is 4.25. The Hall–Kier alpha value is -0.610. The Morgan fingerprint density at radius 3 is 2.32 bits per heavy atom. The Morgan fingerprint density at radius 2 is 1.84 bits per heavy atom. The van der Waals surface area contributed by atoms with Gasteiger partial charge in [-0.05, 0) is 45.4 Å². The molecular formula is C15H30N2O2. The molecule has 112 valence electrons. The summed E-state index contributed by atoms with van der Waals surface area (Å²) in [5, 5.41) is 9.56. The van der Waals surface area contributed by atoms with Crippen molar-refractivity contribution < 1.29 is 9.90 Å². The number of piperidine rings is 1. The zero-order chi connectivity index (χ0) is 14.4. The maximum absolute atomic E-state index is 12.3. The highest BCUT2D eigenvalue weighted by Crippen LogP contribution is 2.22. The minimum atomic E-state index is -0.249. The molecule has 0 bridgehead atoms. The zero-order valence-corrected chi connectivity index (χ0v) is 12.6. The minimum Gasteiger partial charge on any atom is -0.393 e. The Kier molecular flexibility index (Phi) is 6.80. The van der Waals surface area contributed by atoms with Crippen LogP contribution in [0.1, 0.15) is 52.9 Å². The number of carbonyl (C=O) groups is 1. The first kappa shape index (κ1) is 16.4. The summed E-state index contributed by atoms with van der Waals surface area (Å²) in [5.74, 6) is 0.730. The summed E-state index contributed by atoms with van der Waals surface area (Å²) in [6.45, 7) is 7.47. The lowest BCUT2D eigenvalue weighted by molar-refractivity contribution is -0.137. The van der Waals surface area contributed by atoms with Crippen LogP contribution in [0.4, 0.5) is 0 Å². The van der Waals surface area contributed by atoms with E-state index in [2.05, 4.69) is 0 Å². The van der Waals surface area contributed by atoms with Crippen LogP contribution in [0.25, 0.3) is 0 Å². The van der Waals surface area contributed by atoms with Gasteiger partial charge < -0.3 is 15.7 Å². The van der Waals surface area contributed by atoms with Crippen molar-refractivity contribution in [2.45, 2.75) is 65.0 Å². The van der Waals surface area contributed by atoms with Gasteiger partial charge in [0.15, 0.2) is 0 Å². The van der Waals surface area contributed by atoms with E-state index < -0.39 is 0 Å². The average Bonchev–Trinajstić information content (AvgIpc) is 2.37. The molecule has 1 fully saturated rings. The molecule has 1 heterocycles. The third-order valence-electron chi connectivity index (χ3n) is 4.25. The van der Waals surface area contributed by atoms with Gasteiger partial charge in [-0.1, -0.05) is 13.3 Å². The molecule has 0 aromatic rings. The van der Waals surface area contributed by atoms with Crippen LogP contribution >= 0.6 is 0 Å². The Morgan fingerprint density at radius 1 is 1.26 bits per heavy atom. The van der Waals surface area contributed by atoms with Gasteiger partial charge in [0.25, 0.3) is 0 Å². The molecule has 0 aromatic heterocycles. The first-order valence-electron chi connectivity index (χ1n) is 7.64. The van der Waals surface area contributed by atoms with Gasteiger partial charge in [-0.15, -0.1) is 0 Å². The number of nitrogens with two attached hydrogens (primary N) is 1. The fourth-order valence-corrected chi connectivity index (χ4v) is 2.78. The quantitative estimate of drug-likeness (QED) is 0.773. The van der Waals surface area contributed by atoms with Crippen molar-refractivity contribution in [3.63, 3.8) is 0 Å². The molecule has 19 heavy (non-hydrogen) atoms. The van der Waals surface area contributed by atoms with Gasteiger partial charge in [-0.3, -0.25) is 4.79 Å². The molecule has 4 heteroatoms. The summed E-state index contributed by atoms with van der Waals surface area (Å²) in [5.41, 5.74) is 5.72. The molecule has 3 N–H and O–H groups in total. The summed E-state index contributed by atoms with van der Waals surface area (Å²) < 4.78 is 0. The molecule has 0 spiro atoms. The number of hydrogen-bond acceptors (Lipinski definition) is 3. The molecule has 3 unspecified atom stereocenters. The Labute approximate surface area is 117 Å². The SMILES string of the molecule is CC(N)CCCC(C)C(=O)N1CCC(C(C)O)CC1. The lowest BCUT2D eigenvalue weighted by atomic mass is 9.91. The summed E-state index contributed by atoms with van der Waals surface area (Å²) in [7, 11) is 0. The molecule has 1 amide bonds. The van der Waals surface area contributed by atoms with E-state index in [4.69, 9.17) is 5.73 Å². The van der Waals surface area contributed by atoms with Crippen molar-refractivity contribution >= 4 is 5.91 Å². The van der Waals surface area contributed by atoms with Crippen LogP contribution in [0.15, 0.2) is 0 Å². The summed E-state index contributed by atoms with van der Waals surface area (Å²) in [6.07, 6.45) is 4.54. The zero-order valence-electron chi connectivity index (χ0n) is 12.6. The number of carbonyl (C=O) groups excluding carboxylic acids is 1. The second-order valence-corrected chi connectivity index (χ2v) is 6.21. The van der Waals surface area contributed by atoms with Gasteiger partial charge in [0.2, 0.25) is 5.91 Å². The van der Waals surface area contributed by atoms with Gasteiger partial charge in [0, 0.05) is 25.0 Å². The first-order valence-corrected chi connectivity index (χ1v) is 7.64. The van der Waals surface area contributed by atoms with Crippen molar-refractivity contribution in [3.05, 3.63) is 0 Å². The molecule has 0 radical (unpaired) electrons. The standard InChI is InChI=1S/C15H30N2O2/c1-11(5-4-6-12(2)16)15(19)17-9-7-14(8-10-17)13(3)18/h11-14,18H,4-10,16H2,1-3H3. The topological polar surface area (TPSA) is 66.6 Å². The fourth-order valence-electron chi connectivity index (χ4n) is 2.78. The van der Waals surface area contributed by atoms with Gasteiger partial charge in [0.05, 0.1) is 6.10 Å². The van der Waals surface area contributed by atoms with Crippen LogP contribution in [0.5, 0.6) is 0 Å². The lowest BCUT2D eigenvalue weighted by Gasteiger charge is -2.34. The van der Waals surface area contributed by atoms with Crippen LogP contribution in [0.3, 0.4) is 0 Å². The van der Waals surface area contributed by atoms with Crippen molar-refractivity contribution in [3.8, 4) is 0 Å². The molecule has 1 saturated heterocycles. The van der Waals surface area contributed by atoms with Crippen LogP contribution in [0.2, 0.25) is 0 Å². The van der Waals surface area contributed by atoms with Crippen molar-refractivity contribution in [1.82, 2.24) is 4.90 Å². The molecular weight excluding hydrogens is 240 g/mol. The fraction of sp³-hybridized carbons (Fsp3) is 0.933. The average molecular weight is 270 g/mol. The summed E-state index contributed by atoms with van der Waals surface area (Å²) in [6, 6.07) is 0.226. The maximum Gasteiger partial charge on any atom is 0.225 e. The smallest absolute Gasteiger partial charge is 0.225 e. The Bertz CT molecular complexity index is 271. The molecule has 1 rings (SSSR count). The molecule has 1 aliphatic rings. The Balaban J connectivity index is 2.30. The number of rotatable bonds is 6. The molecule has 0 saturated carbocycles. The van der Waals surface area contributed by atoms with Crippen molar-refractivity contribution in [2.24, 2.45) is 17.6 Å². The van der Waals surface area contributed by atoms with Gasteiger partial charge in [-0.25, -0.2) is 0 Å². The first-order chi connectivity index (χ1) is 8.91. The van der Waals surface area contributed by atoms with Crippen molar-refractivity contribution in [2.75, 3.05) is 13.1 Å². The highest BCUT2D eigenvalue weighted by atomic mass is 16.3. The predicted octanol–water partition coefficient (Wildman–Crippen LogP) is 1.76. The van der Waals surface area contributed by atoms with Gasteiger partial charge >= 0.3 is 0 Å². The predicted molar refractivity (Wildman–Crippen MR) is 77.6 cm³/mol. The van der Waals surface area contributed by atoms with E-state index in [9.17, 15) is 9.90 Å². The van der Waals surface area contributed by atoms with E-state index >= 15 is 0 Å². The number of likely N-dealkylation sites (tertiary alicyclic amines) is 1. The van der Waals surface area contributed by atoms with Crippen LogP contribution in [0, 0.1) is 11.8 Å². The van der Waals surface area contributed by atoms with E-state index in [0.717, 1.165) is 45.2 Å². The number of aliphatic hydroxyl groups excluding tert-OH is 1. The van der Waals surface area contributed by atoms with E-state index in [1.165, 1.54) is 0 Å². The van der Waals surface area contributed by atoms with Crippen LogP contribution < -0.4 is 5.73 Å². The molecule has 1 aliphatic heterocycles. The lowest BCUT2D eigenvalue weighted by Crippen LogP contribution is -2.43. The monoisotopic (exact) mass is 270 g/mol. The largest absolute Gasteiger partial charge is 0.393 e. The number of amides is 1. The number of nitrogens with zero attached hydrogens (tertiary/aromatic N) is 1. The second kappa shape index (κ2) is 7.85.